The molecule has 1 unspecified atom stereocenters. The molecule has 0 saturated heterocycles. The van der Waals surface area contributed by atoms with Crippen molar-refractivity contribution in [1.29, 1.82) is 0 Å². The summed E-state index contributed by atoms with van der Waals surface area (Å²) in [6.45, 7) is 3.89. The summed E-state index contributed by atoms with van der Waals surface area (Å²) in [5.74, 6) is 0.320. The monoisotopic (exact) mass is 241 g/mol. The summed E-state index contributed by atoms with van der Waals surface area (Å²) in [6.07, 6.45) is 5.93. The summed E-state index contributed by atoms with van der Waals surface area (Å²) in [7, 11) is 0. The fourth-order valence-electron chi connectivity index (χ4n) is 2.38. The Labute approximate surface area is 103 Å². The highest BCUT2D eigenvalue weighted by Gasteiger charge is 2.28. The second-order valence-corrected chi connectivity index (χ2v) is 4.77. The average molecular weight is 241 g/mol. The molecule has 0 bridgehead atoms. The number of alkyl carbamates (subject to hydrolysis) is 1. The first-order valence-electron chi connectivity index (χ1n) is 6.59. The molecule has 1 aliphatic rings. The molecule has 1 saturated carbocycles. The lowest BCUT2D eigenvalue weighted by Gasteiger charge is -2.28. The zero-order chi connectivity index (χ0) is 12.7. The van der Waals surface area contributed by atoms with Crippen LogP contribution in [0.3, 0.4) is 0 Å². The standard InChI is InChI=1S/C13H23NO3/c1-3-9-17-13(16)14-12(10(2)15)11-7-5-4-6-8-11/h11-12H,3-9H2,1-2H3,(H,14,16). The van der Waals surface area contributed by atoms with E-state index >= 15 is 0 Å². The summed E-state index contributed by atoms with van der Waals surface area (Å²) in [6, 6.07) is -0.361. The summed E-state index contributed by atoms with van der Waals surface area (Å²) in [5.41, 5.74) is 0. The number of nitrogens with one attached hydrogen (secondary N) is 1. The molecule has 0 aromatic heterocycles. The predicted octanol–water partition coefficient (Wildman–Crippen LogP) is 2.66. The van der Waals surface area contributed by atoms with Gasteiger partial charge in [-0.1, -0.05) is 26.2 Å². The zero-order valence-electron chi connectivity index (χ0n) is 10.8. The fraction of sp³-hybridized carbons (Fsp3) is 0.846. The van der Waals surface area contributed by atoms with Crippen LogP contribution >= 0.6 is 0 Å². The third kappa shape index (κ3) is 4.75. The van der Waals surface area contributed by atoms with Gasteiger partial charge in [0.1, 0.15) is 0 Å². The van der Waals surface area contributed by atoms with Crippen molar-refractivity contribution in [3.63, 3.8) is 0 Å². The second-order valence-electron chi connectivity index (χ2n) is 4.77. The van der Waals surface area contributed by atoms with E-state index in [0.29, 0.717) is 6.61 Å². The molecule has 4 nitrogen and oxygen atoms in total. The van der Waals surface area contributed by atoms with E-state index in [-0.39, 0.29) is 17.7 Å². The van der Waals surface area contributed by atoms with E-state index in [1.54, 1.807) is 6.92 Å². The minimum atomic E-state index is -0.461. The van der Waals surface area contributed by atoms with Gasteiger partial charge >= 0.3 is 6.09 Å². The number of hydrogen-bond acceptors (Lipinski definition) is 3. The molecule has 0 aromatic rings. The van der Waals surface area contributed by atoms with Gasteiger partial charge in [-0.25, -0.2) is 4.79 Å². The van der Waals surface area contributed by atoms with Gasteiger partial charge in [-0.3, -0.25) is 4.79 Å². The highest BCUT2D eigenvalue weighted by molar-refractivity contribution is 5.85. The van der Waals surface area contributed by atoms with E-state index in [4.69, 9.17) is 4.74 Å². The van der Waals surface area contributed by atoms with Crippen LogP contribution in [-0.4, -0.2) is 24.5 Å². The minimum Gasteiger partial charge on any atom is -0.450 e. The van der Waals surface area contributed by atoms with Crippen molar-refractivity contribution in [2.45, 2.75) is 58.4 Å². The number of ether oxygens (including phenoxy) is 1. The number of amides is 1. The Bertz CT molecular complexity index is 259. The lowest BCUT2D eigenvalue weighted by Crippen LogP contribution is -2.45. The Kier molecular flexibility index (Phi) is 6.01. The second kappa shape index (κ2) is 7.30. The highest BCUT2D eigenvalue weighted by Crippen LogP contribution is 2.26. The van der Waals surface area contributed by atoms with Crippen LogP contribution in [0.5, 0.6) is 0 Å². The molecular formula is C13H23NO3. The van der Waals surface area contributed by atoms with Crippen molar-refractivity contribution in [2.24, 2.45) is 5.92 Å². The molecule has 1 atom stereocenters. The smallest absolute Gasteiger partial charge is 0.407 e. The SMILES string of the molecule is CCCOC(=O)NC(C(C)=O)C1CCCCC1. The molecule has 0 heterocycles. The van der Waals surface area contributed by atoms with Crippen LogP contribution in [0.15, 0.2) is 0 Å². The lowest BCUT2D eigenvalue weighted by atomic mass is 9.82. The Balaban J connectivity index is 2.47. The van der Waals surface area contributed by atoms with Gasteiger partial charge in [-0.15, -0.1) is 0 Å². The lowest BCUT2D eigenvalue weighted by molar-refractivity contribution is -0.120. The van der Waals surface area contributed by atoms with Gasteiger partial charge in [0.15, 0.2) is 5.78 Å². The Morgan fingerprint density at radius 3 is 2.47 bits per heavy atom. The number of carbonyl (C=O) groups is 2. The molecule has 0 spiro atoms. The van der Waals surface area contributed by atoms with E-state index in [2.05, 4.69) is 5.32 Å². The quantitative estimate of drug-likeness (QED) is 0.805. The number of ketones is 1. The van der Waals surface area contributed by atoms with Crippen LogP contribution in [0, 0.1) is 5.92 Å². The van der Waals surface area contributed by atoms with Crippen LogP contribution < -0.4 is 5.32 Å². The Morgan fingerprint density at radius 2 is 1.94 bits per heavy atom. The van der Waals surface area contributed by atoms with Crippen molar-refractivity contribution in [2.75, 3.05) is 6.61 Å². The number of hydrogen-bond donors (Lipinski definition) is 1. The van der Waals surface area contributed by atoms with Gasteiger partial charge in [0, 0.05) is 0 Å². The molecule has 17 heavy (non-hydrogen) atoms. The third-order valence-corrected chi connectivity index (χ3v) is 3.27. The maximum atomic E-state index is 11.6. The molecular weight excluding hydrogens is 218 g/mol. The maximum Gasteiger partial charge on any atom is 0.407 e. The molecule has 0 radical (unpaired) electrons. The van der Waals surface area contributed by atoms with Crippen LogP contribution in [0.1, 0.15) is 52.4 Å². The molecule has 4 heteroatoms. The van der Waals surface area contributed by atoms with Crippen molar-refractivity contribution in [3.8, 4) is 0 Å². The van der Waals surface area contributed by atoms with Crippen LogP contribution in [0.2, 0.25) is 0 Å². The van der Waals surface area contributed by atoms with Gasteiger partial charge in [-0.05, 0) is 32.1 Å². The average Bonchev–Trinajstić information content (AvgIpc) is 2.34. The largest absolute Gasteiger partial charge is 0.450 e. The molecule has 1 fully saturated rings. The summed E-state index contributed by atoms with van der Waals surface area (Å²) in [5, 5.41) is 2.71. The van der Waals surface area contributed by atoms with Gasteiger partial charge in [0.05, 0.1) is 12.6 Å². The predicted molar refractivity (Wildman–Crippen MR) is 65.8 cm³/mol. The number of rotatable bonds is 5. The maximum absolute atomic E-state index is 11.6. The summed E-state index contributed by atoms with van der Waals surface area (Å²) >= 11 is 0. The first kappa shape index (κ1) is 14.0. The van der Waals surface area contributed by atoms with Crippen LogP contribution in [0.25, 0.3) is 0 Å². The first-order valence-corrected chi connectivity index (χ1v) is 6.59. The molecule has 1 N–H and O–H groups in total. The number of Topliss-reactive ketones (excluding diaryl/α,β-unsaturated/α-hetero) is 1. The molecule has 0 aliphatic heterocycles. The minimum absolute atomic E-state index is 0.0327. The Hall–Kier alpha value is -1.06. The van der Waals surface area contributed by atoms with Crippen LogP contribution in [-0.2, 0) is 9.53 Å². The normalized spacial score (nSPS) is 18.5. The highest BCUT2D eigenvalue weighted by atomic mass is 16.5. The van der Waals surface area contributed by atoms with E-state index in [1.165, 1.54) is 6.42 Å². The molecule has 1 amide bonds. The summed E-state index contributed by atoms with van der Waals surface area (Å²) in [4.78, 5) is 23.1. The van der Waals surface area contributed by atoms with Crippen molar-refractivity contribution < 1.29 is 14.3 Å². The van der Waals surface area contributed by atoms with E-state index in [0.717, 1.165) is 32.1 Å². The zero-order valence-corrected chi connectivity index (χ0v) is 10.8. The molecule has 0 aromatic carbocycles. The molecule has 1 rings (SSSR count). The summed E-state index contributed by atoms with van der Waals surface area (Å²) < 4.78 is 4.96. The van der Waals surface area contributed by atoms with Crippen LogP contribution in [0.4, 0.5) is 4.79 Å². The Morgan fingerprint density at radius 1 is 1.29 bits per heavy atom. The van der Waals surface area contributed by atoms with Crippen molar-refractivity contribution in [3.05, 3.63) is 0 Å². The molecule has 98 valence electrons. The van der Waals surface area contributed by atoms with Crippen molar-refractivity contribution in [1.82, 2.24) is 5.32 Å². The van der Waals surface area contributed by atoms with Crippen molar-refractivity contribution >= 4 is 11.9 Å². The third-order valence-electron chi connectivity index (χ3n) is 3.27. The van der Waals surface area contributed by atoms with Gasteiger partial charge in [0.25, 0.3) is 0 Å². The van der Waals surface area contributed by atoms with Gasteiger partial charge in [0.2, 0.25) is 0 Å². The topological polar surface area (TPSA) is 55.4 Å². The van der Waals surface area contributed by atoms with E-state index < -0.39 is 6.09 Å². The first-order chi connectivity index (χ1) is 8.15. The number of carbonyl (C=O) groups excluding carboxylic acids is 2. The van der Waals surface area contributed by atoms with Gasteiger partial charge in [-0.2, -0.15) is 0 Å². The van der Waals surface area contributed by atoms with E-state index in [1.807, 2.05) is 6.92 Å². The fourth-order valence-corrected chi connectivity index (χ4v) is 2.38. The van der Waals surface area contributed by atoms with Gasteiger partial charge < -0.3 is 10.1 Å². The molecule has 1 aliphatic carbocycles. The van der Waals surface area contributed by atoms with E-state index in [9.17, 15) is 9.59 Å².